The molecule has 2 nitrogen and oxygen atoms in total. The predicted octanol–water partition coefficient (Wildman–Crippen LogP) is 5.47. The number of methoxy groups -OCH3 is 2. The summed E-state index contributed by atoms with van der Waals surface area (Å²) in [6.45, 7) is 3.20. The van der Waals surface area contributed by atoms with Crippen LogP contribution in [0.1, 0.15) is 43.2 Å². The minimum Gasteiger partial charge on any atom is -0.497 e. The highest BCUT2D eigenvalue weighted by Gasteiger charge is 2.52. The molecule has 0 aliphatic heterocycles. The van der Waals surface area contributed by atoms with Crippen molar-refractivity contribution in [1.29, 1.82) is 0 Å². The van der Waals surface area contributed by atoms with Gasteiger partial charge in [-0.15, -0.1) is 0 Å². The van der Waals surface area contributed by atoms with Crippen molar-refractivity contribution in [2.45, 2.75) is 38.5 Å². The molecule has 3 atom stereocenters. The second-order valence-electron chi connectivity index (χ2n) is 7.37. The summed E-state index contributed by atoms with van der Waals surface area (Å²) in [6, 6.07) is 19.6. The quantitative estimate of drug-likeness (QED) is 0.635. The van der Waals surface area contributed by atoms with E-state index in [9.17, 15) is 0 Å². The van der Waals surface area contributed by atoms with E-state index in [1.807, 2.05) is 7.11 Å². The SMILES string of the molecule is CC[C@]1(CCc2ccccc2)C[C@@H](COC)[C@@H]1c1ccc(OC)cc1. The summed E-state index contributed by atoms with van der Waals surface area (Å²) >= 11 is 0. The van der Waals surface area contributed by atoms with E-state index in [0.29, 0.717) is 17.3 Å². The van der Waals surface area contributed by atoms with Crippen LogP contribution in [0, 0.1) is 11.3 Å². The molecule has 0 unspecified atom stereocenters. The molecule has 0 saturated heterocycles. The highest BCUT2D eigenvalue weighted by molar-refractivity contribution is 5.33. The maximum absolute atomic E-state index is 5.52. The minimum absolute atomic E-state index is 0.383. The molecule has 0 aromatic heterocycles. The second kappa shape index (κ2) is 8.05. The van der Waals surface area contributed by atoms with Gasteiger partial charge in [0.15, 0.2) is 0 Å². The van der Waals surface area contributed by atoms with E-state index in [1.165, 1.54) is 30.4 Å². The number of ether oxygens (including phenoxy) is 2. The molecule has 0 amide bonds. The topological polar surface area (TPSA) is 18.5 Å². The lowest BCUT2D eigenvalue weighted by atomic mass is 9.49. The van der Waals surface area contributed by atoms with Crippen molar-refractivity contribution < 1.29 is 9.47 Å². The van der Waals surface area contributed by atoms with Gasteiger partial charge in [-0.2, -0.15) is 0 Å². The van der Waals surface area contributed by atoms with Crippen molar-refractivity contribution in [1.82, 2.24) is 0 Å². The first-order valence-electron chi connectivity index (χ1n) is 9.39. The lowest BCUT2D eigenvalue weighted by Gasteiger charge is -2.56. The summed E-state index contributed by atoms with van der Waals surface area (Å²) < 4.78 is 10.9. The first-order valence-corrected chi connectivity index (χ1v) is 9.39. The standard InChI is InChI=1S/C23H30O2/c1-4-23(15-14-18-8-6-5-7-9-18)16-20(17-24-2)22(23)19-10-12-21(25-3)13-11-19/h5-13,20,22H,4,14-17H2,1-3H3/t20-,22-,23-/m0/s1. The zero-order valence-corrected chi connectivity index (χ0v) is 15.7. The van der Waals surface area contributed by atoms with Crippen LogP contribution < -0.4 is 4.74 Å². The van der Waals surface area contributed by atoms with Crippen LogP contribution in [0.2, 0.25) is 0 Å². The second-order valence-corrected chi connectivity index (χ2v) is 7.37. The Morgan fingerprint density at radius 2 is 1.72 bits per heavy atom. The van der Waals surface area contributed by atoms with Crippen molar-refractivity contribution in [2.24, 2.45) is 11.3 Å². The highest BCUT2D eigenvalue weighted by Crippen LogP contribution is 2.61. The van der Waals surface area contributed by atoms with Crippen LogP contribution in [0.15, 0.2) is 54.6 Å². The summed E-state index contributed by atoms with van der Waals surface area (Å²) in [5.74, 6) is 2.12. The van der Waals surface area contributed by atoms with Crippen LogP contribution in [0.5, 0.6) is 5.75 Å². The van der Waals surface area contributed by atoms with Crippen molar-refractivity contribution in [3.8, 4) is 5.75 Å². The third-order valence-corrected chi connectivity index (χ3v) is 6.11. The maximum Gasteiger partial charge on any atom is 0.118 e. The summed E-state index contributed by atoms with van der Waals surface area (Å²) in [5, 5.41) is 0. The molecular weight excluding hydrogens is 308 g/mol. The van der Waals surface area contributed by atoms with Gasteiger partial charge in [-0.25, -0.2) is 0 Å². The Morgan fingerprint density at radius 1 is 1.00 bits per heavy atom. The van der Waals surface area contributed by atoms with E-state index in [-0.39, 0.29) is 0 Å². The van der Waals surface area contributed by atoms with Crippen molar-refractivity contribution in [2.75, 3.05) is 20.8 Å². The maximum atomic E-state index is 5.52. The molecule has 0 bridgehead atoms. The molecule has 0 N–H and O–H groups in total. The number of hydrogen-bond acceptors (Lipinski definition) is 2. The highest BCUT2D eigenvalue weighted by atomic mass is 16.5. The van der Waals surface area contributed by atoms with Gasteiger partial charge in [0.2, 0.25) is 0 Å². The average molecular weight is 338 g/mol. The van der Waals surface area contributed by atoms with Crippen LogP contribution in [0.25, 0.3) is 0 Å². The number of aryl methyl sites for hydroxylation is 1. The Hall–Kier alpha value is -1.80. The first kappa shape index (κ1) is 18.0. The molecule has 0 heterocycles. The molecule has 0 spiro atoms. The molecule has 2 aromatic rings. The van der Waals surface area contributed by atoms with Crippen molar-refractivity contribution >= 4 is 0 Å². The molecule has 2 heteroatoms. The van der Waals surface area contributed by atoms with Gasteiger partial charge in [0.25, 0.3) is 0 Å². The van der Waals surface area contributed by atoms with Crippen molar-refractivity contribution in [3.05, 3.63) is 65.7 Å². The fourth-order valence-electron chi connectivity index (χ4n) is 4.75. The van der Waals surface area contributed by atoms with E-state index < -0.39 is 0 Å². The Balaban J connectivity index is 1.80. The fraction of sp³-hybridized carbons (Fsp3) is 0.478. The monoisotopic (exact) mass is 338 g/mol. The van der Waals surface area contributed by atoms with Crippen LogP contribution in [-0.4, -0.2) is 20.8 Å². The van der Waals surface area contributed by atoms with Crippen LogP contribution in [0.4, 0.5) is 0 Å². The number of rotatable bonds is 8. The molecule has 1 saturated carbocycles. The van der Waals surface area contributed by atoms with Crippen LogP contribution >= 0.6 is 0 Å². The molecule has 134 valence electrons. The molecule has 25 heavy (non-hydrogen) atoms. The van der Waals surface area contributed by atoms with E-state index in [4.69, 9.17) is 9.47 Å². The number of benzene rings is 2. The van der Waals surface area contributed by atoms with E-state index in [1.54, 1.807) is 7.11 Å². The van der Waals surface area contributed by atoms with Gasteiger partial charge < -0.3 is 9.47 Å². The molecule has 1 fully saturated rings. The van der Waals surface area contributed by atoms with Crippen LogP contribution in [0.3, 0.4) is 0 Å². The predicted molar refractivity (Wildman–Crippen MR) is 103 cm³/mol. The summed E-state index contributed by atoms with van der Waals surface area (Å²) in [5.41, 5.74) is 3.26. The van der Waals surface area contributed by atoms with Gasteiger partial charge in [0.1, 0.15) is 5.75 Å². The normalized spacial score (nSPS) is 25.4. The summed E-state index contributed by atoms with van der Waals surface area (Å²) in [4.78, 5) is 0. The molecule has 1 aliphatic carbocycles. The Kier molecular flexibility index (Phi) is 5.80. The zero-order valence-electron chi connectivity index (χ0n) is 15.7. The van der Waals surface area contributed by atoms with Crippen molar-refractivity contribution in [3.63, 3.8) is 0 Å². The zero-order chi connectivity index (χ0) is 17.7. The van der Waals surface area contributed by atoms with E-state index in [2.05, 4.69) is 61.5 Å². The fourth-order valence-corrected chi connectivity index (χ4v) is 4.75. The lowest BCUT2D eigenvalue weighted by Crippen LogP contribution is -2.47. The average Bonchev–Trinajstić information content (AvgIpc) is 2.65. The third kappa shape index (κ3) is 3.74. The smallest absolute Gasteiger partial charge is 0.118 e. The minimum atomic E-state index is 0.383. The van der Waals surface area contributed by atoms with Gasteiger partial charge in [-0.1, -0.05) is 49.4 Å². The number of hydrogen-bond donors (Lipinski definition) is 0. The van der Waals surface area contributed by atoms with E-state index >= 15 is 0 Å². The molecule has 0 radical (unpaired) electrons. The van der Waals surface area contributed by atoms with Gasteiger partial charge in [-0.05, 0) is 66.2 Å². The molecule has 1 aliphatic rings. The summed E-state index contributed by atoms with van der Waals surface area (Å²) in [7, 11) is 3.54. The van der Waals surface area contributed by atoms with Gasteiger partial charge in [0.05, 0.1) is 7.11 Å². The van der Waals surface area contributed by atoms with Gasteiger partial charge >= 0.3 is 0 Å². The lowest BCUT2D eigenvalue weighted by molar-refractivity contribution is -0.0389. The first-order chi connectivity index (χ1) is 12.2. The third-order valence-electron chi connectivity index (χ3n) is 6.11. The molecule has 2 aromatic carbocycles. The molecule has 3 rings (SSSR count). The van der Waals surface area contributed by atoms with Crippen LogP contribution in [-0.2, 0) is 11.2 Å². The van der Waals surface area contributed by atoms with Gasteiger partial charge in [0, 0.05) is 13.7 Å². The van der Waals surface area contributed by atoms with E-state index in [0.717, 1.165) is 18.8 Å². The Morgan fingerprint density at radius 3 is 2.32 bits per heavy atom. The summed E-state index contributed by atoms with van der Waals surface area (Å²) in [6.07, 6.45) is 4.88. The Labute approximate surface area is 152 Å². The van der Waals surface area contributed by atoms with Gasteiger partial charge in [-0.3, -0.25) is 0 Å². The largest absolute Gasteiger partial charge is 0.497 e. The Bertz CT molecular complexity index is 650. The molecular formula is C23H30O2.